The number of rotatable bonds is 7. The number of fused-ring (bicyclic) bond motifs is 1. The van der Waals surface area contributed by atoms with E-state index < -0.39 is 11.0 Å². The van der Waals surface area contributed by atoms with E-state index in [0.29, 0.717) is 30.7 Å². The topological polar surface area (TPSA) is 142 Å². The summed E-state index contributed by atoms with van der Waals surface area (Å²) in [6, 6.07) is 10.4. The number of carbonyl (C=O) groups excluding carboxylic acids is 1. The average molecular weight is 417 g/mol. The van der Waals surface area contributed by atoms with Gasteiger partial charge in [0.25, 0.3) is 11.2 Å². The van der Waals surface area contributed by atoms with Crippen molar-refractivity contribution in [3.8, 4) is 0 Å². The van der Waals surface area contributed by atoms with Gasteiger partial charge in [0, 0.05) is 30.6 Å². The van der Waals surface area contributed by atoms with Crippen molar-refractivity contribution in [2.24, 2.45) is 0 Å². The molecule has 1 heterocycles. The molecule has 4 N–H and O–H groups in total. The molecule has 10 nitrogen and oxygen atoms in total. The smallest absolute Gasteiger partial charge is 0.319 e. The second kappa shape index (κ2) is 9.02. The molecule has 0 atom stereocenters. The van der Waals surface area contributed by atoms with Crippen molar-refractivity contribution in [2.75, 3.05) is 23.7 Å². The van der Waals surface area contributed by atoms with Crippen molar-refractivity contribution >= 4 is 45.6 Å². The molecule has 150 valence electrons. The summed E-state index contributed by atoms with van der Waals surface area (Å²) in [6.07, 6.45) is 0.594. The van der Waals surface area contributed by atoms with E-state index in [1.54, 1.807) is 18.2 Å². The molecule has 3 aromatic rings. The number of aromatic amines is 1. The van der Waals surface area contributed by atoms with Crippen molar-refractivity contribution in [1.29, 1.82) is 0 Å². The normalized spacial score (nSPS) is 10.5. The third-order valence-electron chi connectivity index (χ3n) is 4.04. The summed E-state index contributed by atoms with van der Waals surface area (Å²) >= 11 is 5.94. The molecule has 0 aliphatic carbocycles. The number of nitro groups is 1. The number of hydrogen-bond acceptors (Lipinski definition) is 6. The van der Waals surface area contributed by atoms with Gasteiger partial charge in [0.1, 0.15) is 0 Å². The summed E-state index contributed by atoms with van der Waals surface area (Å²) in [5.41, 5.74) is -0.137. The fourth-order valence-electron chi connectivity index (χ4n) is 2.63. The Balaban J connectivity index is 1.47. The van der Waals surface area contributed by atoms with Crippen LogP contribution in [0.3, 0.4) is 0 Å². The lowest BCUT2D eigenvalue weighted by atomic mass is 10.2. The standard InChI is InChI=1S/C18H17ClN6O4/c19-14-10-11(25(28)29)6-7-15(14)22-18(27)21-9-3-8-20-16-12-4-1-2-5-13(12)17(26)24-23-16/h1-2,4-7,10H,3,8-9H2,(H,20,23)(H,24,26)(H2,21,22,27). The maximum atomic E-state index is 11.9. The van der Waals surface area contributed by atoms with Crippen LogP contribution in [0.2, 0.25) is 5.02 Å². The monoisotopic (exact) mass is 416 g/mol. The number of nitrogens with one attached hydrogen (secondary N) is 4. The highest BCUT2D eigenvalue weighted by Crippen LogP contribution is 2.26. The number of urea groups is 1. The SMILES string of the molecule is O=C(NCCCNc1n[nH]c(=O)c2ccccc12)Nc1ccc([N+](=O)[O-])cc1Cl. The van der Waals surface area contributed by atoms with Crippen LogP contribution in [0.4, 0.5) is 22.0 Å². The van der Waals surface area contributed by atoms with Crippen molar-refractivity contribution < 1.29 is 9.72 Å². The predicted octanol–water partition coefficient (Wildman–Crippen LogP) is 3.11. The highest BCUT2D eigenvalue weighted by molar-refractivity contribution is 6.33. The lowest BCUT2D eigenvalue weighted by Gasteiger charge is -2.10. The van der Waals surface area contributed by atoms with Gasteiger partial charge in [-0.25, -0.2) is 9.89 Å². The largest absolute Gasteiger partial charge is 0.368 e. The van der Waals surface area contributed by atoms with Crippen molar-refractivity contribution in [3.05, 3.63) is 68.0 Å². The number of aromatic nitrogens is 2. The Kier molecular flexibility index (Phi) is 6.25. The first-order valence-corrected chi connectivity index (χ1v) is 9.03. The third-order valence-corrected chi connectivity index (χ3v) is 4.35. The summed E-state index contributed by atoms with van der Waals surface area (Å²) in [6.45, 7) is 0.881. The maximum absolute atomic E-state index is 11.9. The summed E-state index contributed by atoms with van der Waals surface area (Å²) in [5.74, 6) is 0.558. The Morgan fingerprint density at radius 2 is 1.93 bits per heavy atom. The first-order chi connectivity index (χ1) is 14.0. The molecule has 2 aromatic carbocycles. The average Bonchev–Trinajstić information content (AvgIpc) is 2.71. The van der Waals surface area contributed by atoms with Crippen molar-refractivity contribution in [3.63, 3.8) is 0 Å². The van der Waals surface area contributed by atoms with Crippen LogP contribution in [0.25, 0.3) is 10.8 Å². The van der Waals surface area contributed by atoms with E-state index in [-0.39, 0.29) is 22.0 Å². The molecule has 0 bridgehead atoms. The van der Waals surface area contributed by atoms with Crippen LogP contribution in [0.15, 0.2) is 47.3 Å². The molecule has 29 heavy (non-hydrogen) atoms. The molecule has 0 aliphatic rings. The Hall–Kier alpha value is -3.66. The van der Waals surface area contributed by atoms with E-state index in [2.05, 4.69) is 26.1 Å². The number of anilines is 2. The fourth-order valence-corrected chi connectivity index (χ4v) is 2.85. The van der Waals surface area contributed by atoms with E-state index >= 15 is 0 Å². The number of hydrogen-bond donors (Lipinski definition) is 4. The molecular formula is C18H17ClN6O4. The number of carbonyl (C=O) groups is 1. The fraction of sp³-hybridized carbons (Fsp3) is 0.167. The Morgan fingerprint density at radius 1 is 1.17 bits per heavy atom. The van der Waals surface area contributed by atoms with Gasteiger partial charge in [-0.05, 0) is 18.6 Å². The molecule has 3 rings (SSSR count). The molecule has 0 saturated carbocycles. The van der Waals surface area contributed by atoms with Gasteiger partial charge in [-0.2, -0.15) is 5.10 Å². The lowest BCUT2D eigenvalue weighted by Crippen LogP contribution is -2.30. The quantitative estimate of drug-likeness (QED) is 0.265. The van der Waals surface area contributed by atoms with Gasteiger partial charge in [0.05, 0.1) is 21.0 Å². The molecular weight excluding hydrogens is 400 g/mol. The van der Waals surface area contributed by atoms with Gasteiger partial charge >= 0.3 is 6.03 Å². The van der Waals surface area contributed by atoms with Crippen LogP contribution in [-0.2, 0) is 0 Å². The number of non-ortho nitro benzene ring substituents is 1. The van der Waals surface area contributed by atoms with Crippen LogP contribution >= 0.6 is 11.6 Å². The number of nitro benzene ring substituents is 1. The Bertz CT molecular complexity index is 1120. The number of benzene rings is 2. The van der Waals surface area contributed by atoms with Gasteiger partial charge in [0.15, 0.2) is 5.82 Å². The second-order valence-corrected chi connectivity index (χ2v) is 6.44. The molecule has 2 amide bonds. The molecule has 0 spiro atoms. The molecule has 0 unspecified atom stereocenters. The Labute approximate surface area is 169 Å². The zero-order valence-corrected chi connectivity index (χ0v) is 15.8. The van der Waals surface area contributed by atoms with Crippen LogP contribution in [-0.4, -0.2) is 34.2 Å². The van der Waals surface area contributed by atoms with Crippen molar-refractivity contribution in [2.45, 2.75) is 6.42 Å². The molecule has 0 aliphatic heterocycles. The zero-order chi connectivity index (χ0) is 20.8. The zero-order valence-electron chi connectivity index (χ0n) is 15.1. The van der Waals surface area contributed by atoms with Gasteiger partial charge in [-0.1, -0.05) is 29.8 Å². The molecule has 0 fully saturated rings. The van der Waals surface area contributed by atoms with E-state index in [1.165, 1.54) is 18.2 Å². The minimum atomic E-state index is -0.566. The number of halogens is 1. The van der Waals surface area contributed by atoms with Crippen LogP contribution in [0, 0.1) is 10.1 Å². The predicted molar refractivity (Wildman–Crippen MR) is 111 cm³/mol. The summed E-state index contributed by atoms with van der Waals surface area (Å²) < 4.78 is 0. The van der Waals surface area contributed by atoms with E-state index in [0.717, 1.165) is 5.39 Å². The lowest BCUT2D eigenvalue weighted by molar-refractivity contribution is -0.384. The van der Waals surface area contributed by atoms with E-state index in [4.69, 9.17) is 11.6 Å². The van der Waals surface area contributed by atoms with Crippen LogP contribution in [0.1, 0.15) is 6.42 Å². The highest BCUT2D eigenvalue weighted by Gasteiger charge is 2.11. The Morgan fingerprint density at radius 3 is 2.66 bits per heavy atom. The molecule has 0 saturated heterocycles. The van der Waals surface area contributed by atoms with Gasteiger partial charge in [0.2, 0.25) is 0 Å². The number of H-pyrrole nitrogens is 1. The first kappa shape index (κ1) is 20.1. The highest BCUT2D eigenvalue weighted by atomic mass is 35.5. The van der Waals surface area contributed by atoms with Crippen molar-refractivity contribution in [1.82, 2.24) is 15.5 Å². The molecule has 1 aromatic heterocycles. The second-order valence-electron chi connectivity index (χ2n) is 6.03. The molecule has 0 radical (unpaired) electrons. The summed E-state index contributed by atoms with van der Waals surface area (Å²) in [7, 11) is 0. The summed E-state index contributed by atoms with van der Waals surface area (Å²) in [4.78, 5) is 33.8. The summed E-state index contributed by atoms with van der Waals surface area (Å²) in [5, 5.41) is 26.8. The molecule has 11 heteroatoms. The van der Waals surface area contributed by atoms with Gasteiger partial charge < -0.3 is 16.0 Å². The number of amides is 2. The number of nitrogens with zero attached hydrogens (tertiary/aromatic N) is 2. The first-order valence-electron chi connectivity index (χ1n) is 8.66. The minimum Gasteiger partial charge on any atom is -0.368 e. The minimum absolute atomic E-state index is 0.0760. The maximum Gasteiger partial charge on any atom is 0.319 e. The van der Waals surface area contributed by atoms with Gasteiger partial charge in [-0.3, -0.25) is 14.9 Å². The van der Waals surface area contributed by atoms with E-state index in [9.17, 15) is 19.7 Å². The third kappa shape index (κ3) is 4.99. The van der Waals surface area contributed by atoms with Gasteiger partial charge in [-0.15, -0.1) is 0 Å². The van der Waals surface area contributed by atoms with Crippen LogP contribution < -0.4 is 21.5 Å². The van der Waals surface area contributed by atoms with Crippen LogP contribution in [0.5, 0.6) is 0 Å². The van der Waals surface area contributed by atoms with E-state index in [1.807, 2.05) is 6.07 Å².